The molecule has 1 saturated heterocycles. The van der Waals surface area contributed by atoms with E-state index in [4.69, 9.17) is 0 Å². The number of piperazine rings is 1. The van der Waals surface area contributed by atoms with E-state index in [1.807, 2.05) is 0 Å². The predicted octanol–water partition coefficient (Wildman–Crippen LogP) is 2.05. The van der Waals surface area contributed by atoms with E-state index in [2.05, 4.69) is 31.0 Å². The van der Waals surface area contributed by atoms with Crippen molar-refractivity contribution in [3.63, 3.8) is 0 Å². The molecule has 1 N–H and O–H groups in total. The molecule has 2 rings (SSSR count). The number of hydrogen-bond donors (Lipinski definition) is 1. The Morgan fingerprint density at radius 1 is 1.44 bits per heavy atom. The molecule has 0 radical (unpaired) electrons. The summed E-state index contributed by atoms with van der Waals surface area (Å²) in [5.41, 5.74) is 0.237. The molecule has 2 nitrogen and oxygen atoms in total. The minimum atomic E-state index is -0.218. The summed E-state index contributed by atoms with van der Waals surface area (Å²) >= 11 is 0. The summed E-state index contributed by atoms with van der Waals surface area (Å²) in [6, 6.07) is 0.502. The van der Waals surface area contributed by atoms with Crippen molar-refractivity contribution < 1.29 is 4.39 Å². The van der Waals surface area contributed by atoms with Gasteiger partial charge in [-0.05, 0) is 31.6 Å². The molecule has 2 aliphatic rings. The van der Waals surface area contributed by atoms with Crippen molar-refractivity contribution in [1.82, 2.24) is 10.2 Å². The van der Waals surface area contributed by atoms with Crippen LogP contribution in [-0.4, -0.2) is 42.8 Å². The molecule has 3 heteroatoms. The molecular weight excluding hydrogens is 203 g/mol. The molecule has 1 aliphatic carbocycles. The van der Waals surface area contributed by atoms with E-state index in [0.717, 1.165) is 19.0 Å². The van der Waals surface area contributed by atoms with Crippen LogP contribution in [0.1, 0.15) is 33.6 Å². The highest BCUT2D eigenvalue weighted by Gasteiger charge is 2.46. The van der Waals surface area contributed by atoms with Crippen LogP contribution in [0.2, 0.25) is 0 Å². The van der Waals surface area contributed by atoms with Crippen LogP contribution in [0.25, 0.3) is 0 Å². The van der Waals surface area contributed by atoms with Crippen molar-refractivity contribution in [3.05, 3.63) is 0 Å². The molecular formula is C13H25FN2. The Labute approximate surface area is 98.6 Å². The quantitative estimate of drug-likeness (QED) is 0.792. The zero-order valence-electron chi connectivity index (χ0n) is 10.8. The zero-order valence-corrected chi connectivity index (χ0v) is 10.8. The number of rotatable bonds is 4. The summed E-state index contributed by atoms with van der Waals surface area (Å²) in [7, 11) is 0. The first-order chi connectivity index (χ1) is 7.57. The summed E-state index contributed by atoms with van der Waals surface area (Å²) in [5.74, 6) is 1.42. The highest BCUT2D eigenvalue weighted by Crippen LogP contribution is 2.41. The van der Waals surface area contributed by atoms with Gasteiger partial charge >= 0.3 is 0 Å². The lowest BCUT2D eigenvalue weighted by molar-refractivity contribution is 0.0480. The Morgan fingerprint density at radius 2 is 2.12 bits per heavy atom. The van der Waals surface area contributed by atoms with Crippen molar-refractivity contribution in [1.29, 1.82) is 0 Å². The minimum absolute atomic E-state index is 0.218. The molecule has 2 fully saturated rings. The fraction of sp³-hybridized carbons (Fsp3) is 1.00. The van der Waals surface area contributed by atoms with Gasteiger partial charge in [0.05, 0.1) is 0 Å². The number of nitrogens with zero attached hydrogens (tertiary/aromatic N) is 1. The molecule has 0 aromatic carbocycles. The molecule has 2 atom stereocenters. The molecule has 0 amide bonds. The maximum Gasteiger partial charge on any atom is 0.102 e. The van der Waals surface area contributed by atoms with Crippen LogP contribution >= 0.6 is 0 Å². The second-order valence-electron chi connectivity index (χ2n) is 6.04. The number of hydrogen-bond acceptors (Lipinski definition) is 2. The lowest BCUT2D eigenvalue weighted by atomic mass is 9.88. The number of alkyl halides is 1. The van der Waals surface area contributed by atoms with E-state index in [0.29, 0.717) is 18.5 Å². The van der Waals surface area contributed by atoms with E-state index in [-0.39, 0.29) is 12.2 Å². The van der Waals surface area contributed by atoms with Crippen molar-refractivity contribution in [2.24, 2.45) is 11.8 Å². The van der Waals surface area contributed by atoms with Gasteiger partial charge in [-0.15, -0.1) is 0 Å². The molecule has 0 aromatic rings. The average Bonchev–Trinajstić information content (AvgIpc) is 3.01. The first-order valence-electron chi connectivity index (χ1n) is 6.62. The third-order valence-corrected chi connectivity index (χ3v) is 4.34. The Balaban J connectivity index is 2.01. The van der Waals surface area contributed by atoms with E-state index in [1.54, 1.807) is 0 Å². The second-order valence-corrected chi connectivity index (χ2v) is 6.04. The van der Waals surface area contributed by atoms with E-state index in [1.165, 1.54) is 12.8 Å². The van der Waals surface area contributed by atoms with Crippen LogP contribution < -0.4 is 5.32 Å². The van der Waals surface area contributed by atoms with Crippen molar-refractivity contribution >= 4 is 0 Å². The van der Waals surface area contributed by atoms with Gasteiger partial charge in [0.15, 0.2) is 0 Å². The minimum Gasteiger partial charge on any atom is -0.308 e. The van der Waals surface area contributed by atoms with E-state index >= 15 is 0 Å². The average molecular weight is 228 g/mol. The molecule has 1 aliphatic heterocycles. The largest absolute Gasteiger partial charge is 0.308 e. The lowest BCUT2D eigenvalue weighted by Gasteiger charge is -2.48. The van der Waals surface area contributed by atoms with E-state index < -0.39 is 0 Å². The fourth-order valence-electron chi connectivity index (χ4n) is 3.07. The second kappa shape index (κ2) is 4.61. The summed E-state index contributed by atoms with van der Waals surface area (Å²) in [5, 5.41) is 3.71. The summed E-state index contributed by atoms with van der Waals surface area (Å²) in [6.45, 7) is 9.20. The standard InChI is InChI=1S/C13H25FN2/c1-10(2)12-8-15-13(3,11-4-5-11)9-16(12)7-6-14/h10-12,15H,4-9H2,1-3H3. The Kier molecular flexibility index (Phi) is 3.55. The van der Waals surface area contributed by atoms with Crippen LogP contribution in [0.3, 0.4) is 0 Å². The monoisotopic (exact) mass is 228 g/mol. The Hall–Kier alpha value is -0.150. The summed E-state index contributed by atoms with van der Waals surface area (Å²) in [4.78, 5) is 2.36. The van der Waals surface area contributed by atoms with Gasteiger partial charge in [-0.2, -0.15) is 0 Å². The zero-order chi connectivity index (χ0) is 11.8. The lowest BCUT2D eigenvalue weighted by Crippen LogP contribution is -2.65. The smallest absolute Gasteiger partial charge is 0.102 e. The predicted molar refractivity (Wildman–Crippen MR) is 65.3 cm³/mol. The van der Waals surface area contributed by atoms with Gasteiger partial charge in [-0.25, -0.2) is 4.39 Å². The molecule has 2 unspecified atom stereocenters. The first kappa shape index (κ1) is 12.3. The highest BCUT2D eigenvalue weighted by molar-refractivity contribution is 5.04. The number of nitrogens with one attached hydrogen (secondary N) is 1. The molecule has 0 aromatic heterocycles. The third-order valence-electron chi connectivity index (χ3n) is 4.34. The first-order valence-corrected chi connectivity index (χ1v) is 6.62. The van der Waals surface area contributed by atoms with Gasteiger partial charge in [0.25, 0.3) is 0 Å². The van der Waals surface area contributed by atoms with Crippen LogP contribution in [0.15, 0.2) is 0 Å². The normalized spacial score (nSPS) is 36.9. The van der Waals surface area contributed by atoms with Gasteiger partial charge in [0.1, 0.15) is 6.67 Å². The highest BCUT2D eigenvalue weighted by atomic mass is 19.1. The van der Waals surface area contributed by atoms with Crippen molar-refractivity contribution in [2.75, 3.05) is 26.3 Å². The van der Waals surface area contributed by atoms with Crippen molar-refractivity contribution in [3.8, 4) is 0 Å². The fourth-order valence-corrected chi connectivity index (χ4v) is 3.07. The van der Waals surface area contributed by atoms with Crippen LogP contribution in [-0.2, 0) is 0 Å². The molecule has 0 bridgehead atoms. The third kappa shape index (κ3) is 2.40. The van der Waals surface area contributed by atoms with Gasteiger partial charge in [0.2, 0.25) is 0 Å². The van der Waals surface area contributed by atoms with Crippen LogP contribution in [0, 0.1) is 11.8 Å². The maximum atomic E-state index is 12.6. The van der Waals surface area contributed by atoms with Crippen molar-refractivity contribution in [2.45, 2.75) is 45.2 Å². The SMILES string of the molecule is CC(C)C1CNC(C)(C2CC2)CN1CCF. The Bertz CT molecular complexity index is 240. The summed E-state index contributed by atoms with van der Waals surface area (Å²) < 4.78 is 12.6. The molecule has 94 valence electrons. The van der Waals surface area contributed by atoms with Gasteiger partial charge in [-0.1, -0.05) is 13.8 Å². The number of halogens is 1. The molecule has 1 saturated carbocycles. The van der Waals surface area contributed by atoms with Gasteiger partial charge in [0, 0.05) is 31.2 Å². The summed E-state index contributed by atoms with van der Waals surface area (Å²) in [6.07, 6.45) is 2.69. The van der Waals surface area contributed by atoms with Gasteiger partial charge in [-0.3, -0.25) is 4.90 Å². The molecule has 16 heavy (non-hydrogen) atoms. The van der Waals surface area contributed by atoms with Gasteiger partial charge < -0.3 is 5.32 Å². The van der Waals surface area contributed by atoms with Crippen LogP contribution in [0.4, 0.5) is 4.39 Å². The Morgan fingerprint density at radius 3 is 2.62 bits per heavy atom. The maximum absolute atomic E-state index is 12.6. The van der Waals surface area contributed by atoms with E-state index in [9.17, 15) is 4.39 Å². The molecule has 1 heterocycles. The molecule has 0 spiro atoms. The topological polar surface area (TPSA) is 15.3 Å². The van der Waals surface area contributed by atoms with Crippen LogP contribution in [0.5, 0.6) is 0 Å².